The van der Waals surface area contributed by atoms with E-state index in [1.165, 1.54) is 39.9 Å². The topological polar surface area (TPSA) is 88.6 Å². The highest BCUT2D eigenvalue weighted by Crippen LogP contribution is 2.27. The molecule has 2 heterocycles. The first-order valence-corrected chi connectivity index (χ1v) is 13.3. The van der Waals surface area contributed by atoms with E-state index in [-0.39, 0.29) is 10.8 Å². The first-order chi connectivity index (χ1) is 15.9. The molecule has 1 aliphatic rings. The maximum Gasteiger partial charge on any atom is 0.257 e. The summed E-state index contributed by atoms with van der Waals surface area (Å²) in [6, 6.07) is 13.7. The zero-order valence-corrected chi connectivity index (χ0v) is 20.3. The van der Waals surface area contributed by atoms with Crippen molar-refractivity contribution in [2.75, 3.05) is 25.0 Å². The summed E-state index contributed by atoms with van der Waals surface area (Å²) >= 11 is 1.33. The quantitative estimate of drug-likeness (QED) is 0.515. The summed E-state index contributed by atoms with van der Waals surface area (Å²) in [6.45, 7) is 5.68. The van der Waals surface area contributed by atoms with E-state index >= 15 is 0 Å². The predicted molar refractivity (Wildman–Crippen MR) is 130 cm³/mol. The molecule has 0 saturated carbocycles. The number of amides is 1. The molecule has 1 aromatic heterocycles. The fourth-order valence-electron chi connectivity index (χ4n) is 3.81. The fraction of sp³-hybridized carbons (Fsp3) is 0.333. The van der Waals surface area contributed by atoms with Crippen molar-refractivity contribution < 1.29 is 17.9 Å². The zero-order chi connectivity index (χ0) is 23.4. The summed E-state index contributed by atoms with van der Waals surface area (Å²) in [7, 11) is -3.55. The van der Waals surface area contributed by atoms with Crippen molar-refractivity contribution in [3.05, 3.63) is 59.5 Å². The smallest absolute Gasteiger partial charge is 0.257 e. The summed E-state index contributed by atoms with van der Waals surface area (Å²) in [4.78, 5) is 17.4. The van der Waals surface area contributed by atoms with E-state index in [9.17, 15) is 13.2 Å². The highest BCUT2D eigenvalue weighted by Gasteiger charge is 2.28. The molecule has 9 heteroatoms. The standard InChI is InChI=1S/C24H27N3O4S2/c1-3-31-20-10-6-18(7-11-20)22-16-32-24(25-22)26-23(28)19-8-12-21(13-9-19)33(29,30)27-14-4-5-17(2)15-27/h6-13,16-17H,3-5,14-15H2,1-2H3,(H,25,26,28). The monoisotopic (exact) mass is 485 g/mol. The molecule has 1 amide bonds. The number of rotatable bonds is 7. The molecule has 0 radical (unpaired) electrons. The van der Waals surface area contributed by atoms with Crippen LogP contribution in [0.1, 0.15) is 37.0 Å². The Bertz CT molecular complexity index is 1210. The summed E-state index contributed by atoms with van der Waals surface area (Å²) in [5.41, 5.74) is 2.06. The minimum absolute atomic E-state index is 0.209. The van der Waals surface area contributed by atoms with Gasteiger partial charge in [-0.25, -0.2) is 13.4 Å². The first-order valence-electron chi connectivity index (χ1n) is 11.0. The number of anilines is 1. The van der Waals surface area contributed by atoms with Crippen molar-refractivity contribution in [3.8, 4) is 17.0 Å². The number of nitrogens with zero attached hydrogens (tertiary/aromatic N) is 2. The Morgan fingerprint density at radius 3 is 2.58 bits per heavy atom. The molecule has 0 bridgehead atoms. The normalized spacial score (nSPS) is 17.0. The minimum atomic E-state index is -3.55. The Balaban J connectivity index is 1.42. The van der Waals surface area contributed by atoms with Crippen LogP contribution in [0.4, 0.5) is 5.13 Å². The molecule has 3 aromatic rings. The second-order valence-corrected chi connectivity index (χ2v) is 10.9. The lowest BCUT2D eigenvalue weighted by Crippen LogP contribution is -2.39. The summed E-state index contributed by atoms with van der Waals surface area (Å²) in [5, 5.41) is 5.14. The minimum Gasteiger partial charge on any atom is -0.494 e. The van der Waals surface area contributed by atoms with Crippen LogP contribution in [0.2, 0.25) is 0 Å². The first kappa shape index (κ1) is 23.4. The van der Waals surface area contributed by atoms with Crippen LogP contribution in [-0.4, -0.2) is 43.3 Å². The third-order valence-electron chi connectivity index (χ3n) is 5.56. The number of carbonyl (C=O) groups is 1. The number of aromatic nitrogens is 1. The number of hydrogen-bond donors (Lipinski definition) is 1. The van der Waals surface area contributed by atoms with Crippen LogP contribution in [0.25, 0.3) is 11.3 Å². The Kier molecular flexibility index (Phi) is 7.11. The summed E-state index contributed by atoms with van der Waals surface area (Å²) < 4.78 is 32.8. The van der Waals surface area contributed by atoms with Crippen molar-refractivity contribution in [3.63, 3.8) is 0 Å². The average Bonchev–Trinajstić information content (AvgIpc) is 3.28. The number of sulfonamides is 1. The van der Waals surface area contributed by atoms with Gasteiger partial charge in [0.1, 0.15) is 5.75 Å². The second kappa shape index (κ2) is 10.0. The Labute approximate surface area is 198 Å². The van der Waals surface area contributed by atoms with Crippen molar-refractivity contribution in [1.29, 1.82) is 0 Å². The number of hydrogen-bond acceptors (Lipinski definition) is 6. The molecule has 1 atom stereocenters. The van der Waals surface area contributed by atoms with Crippen molar-refractivity contribution >= 4 is 32.4 Å². The molecular formula is C24H27N3O4S2. The highest BCUT2D eigenvalue weighted by atomic mass is 32.2. The van der Waals surface area contributed by atoms with Gasteiger partial charge in [-0.15, -0.1) is 11.3 Å². The van der Waals surface area contributed by atoms with E-state index < -0.39 is 10.0 Å². The lowest BCUT2D eigenvalue weighted by atomic mass is 10.0. The van der Waals surface area contributed by atoms with Gasteiger partial charge in [0.25, 0.3) is 5.91 Å². The van der Waals surface area contributed by atoms with Gasteiger partial charge < -0.3 is 4.74 Å². The third-order valence-corrected chi connectivity index (χ3v) is 8.20. The van der Waals surface area contributed by atoms with Gasteiger partial charge in [0.2, 0.25) is 10.0 Å². The van der Waals surface area contributed by atoms with Crippen LogP contribution < -0.4 is 10.1 Å². The van der Waals surface area contributed by atoms with Crippen LogP contribution >= 0.6 is 11.3 Å². The number of benzene rings is 2. The number of carbonyl (C=O) groups excluding carboxylic acids is 1. The molecule has 0 aliphatic carbocycles. The lowest BCUT2D eigenvalue weighted by molar-refractivity contribution is 0.102. The lowest BCUT2D eigenvalue weighted by Gasteiger charge is -2.30. The van der Waals surface area contributed by atoms with Crippen molar-refractivity contribution in [2.45, 2.75) is 31.6 Å². The molecule has 174 valence electrons. The van der Waals surface area contributed by atoms with Gasteiger partial charge in [0, 0.05) is 29.6 Å². The van der Waals surface area contributed by atoms with Crippen molar-refractivity contribution in [2.24, 2.45) is 5.92 Å². The predicted octanol–water partition coefficient (Wildman–Crippen LogP) is 4.88. The fourth-order valence-corrected chi connectivity index (χ4v) is 6.13. The molecule has 1 unspecified atom stereocenters. The molecule has 1 fully saturated rings. The van der Waals surface area contributed by atoms with E-state index in [0.717, 1.165) is 29.8 Å². The van der Waals surface area contributed by atoms with Crippen LogP contribution in [0, 0.1) is 5.92 Å². The van der Waals surface area contributed by atoms with Gasteiger partial charge in [-0.3, -0.25) is 10.1 Å². The SMILES string of the molecule is CCOc1ccc(-c2csc(NC(=O)c3ccc(S(=O)(=O)N4CCCC(C)C4)cc3)n2)cc1. The van der Waals surface area contributed by atoms with Crippen LogP contribution in [0.5, 0.6) is 5.75 Å². The molecular weight excluding hydrogens is 458 g/mol. The molecule has 1 saturated heterocycles. The summed E-state index contributed by atoms with van der Waals surface area (Å²) in [5.74, 6) is 0.813. The largest absolute Gasteiger partial charge is 0.494 e. The van der Waals surface area contributed by atoms with Crippen molar-refractivity contribution in [1.82, 2.24) is 9.29 Å². The van der Waals surface area contributed by atoms with Crippen LogP contribution in [0.15, 0.2) is 58.8 Å². The second-order valence-electron chi connectivity index (χ2n) is 8.08. The Morgan fingerprint density at radius 1 is 1.18 bits per heavy atom. The molecule has 0 spiro atoms. The number of ether oxygens (including phenoxy) is 1. The van der Waals surface area contributed by atoms with Gasteiger partial charge in [-0.2, -0.15) is 4.31 Å². The van der Waals surface area contributed by atoms with E-state index in [2.05, 4.69) is 17.2 Å². The Morgan fingerprint density at radius 2 is 1.91 bits per heavy atom. The van der Waals surface area contributed by atoms with Gasteiger partial charge in [0.15, 0.2) is 5.13 Å². The molecule has 1 aliphatic heterocycles. The maximum atomic E-state index is 12.9. The molecule has 1 N–H and O–H groups in total. The Hall–Kier alpha value is -2.75. The van der Waals surface area contributed by atoms with Crippen LogP contribution in [-0.2, 0) is 10.0 Å². The number of piperidine rings is 1. The molecule has 7 nitrogen and oxygen atoms in total. The van der Waals surface area contributed by atoms with E-state index in [1.807, 2.05) is 36.6 Å². The zero-order valence-electron chi connectivity index (χ0n) is 18.7. The number of thiazole rings is 1. The van der Waals surface area contributed by atoms with Crippen LogP contribution in [0.3, 0.4) is 0 Å². The number of nitrogens with one attached hydrogen (secondary N) is 1. The molecule has 4 rings (SSSR count). The van der Waals surface area contributed by atoms with E-state index in [0.29, 0.717) is 36.3 Å². The van der Waals surface area contributed by atoms with Gasteiger partial charge in [-0.1, -0.05) is 6.92 Å². The maximum absolute atomic E-state index is 12.9. The average molecular weight is 486 g/mol. The van der Waals surface area contributed by atoms with Gasteiger partial charge >= 0.3 is 0 Å². The highest BCUT2D eigenvalue weighted by molar-refractivity contribution is 7.89. The molecule has 33 heavy (non-hydrogen) atoms. The summed E-state index contributed by atoms with van der Waals surface area (Å²) in [6.07, 6.45) is 1.91. The van der Waals surface area contributed by atoms with Gasteiger partial charge in [-0.05, 0) is 74.2 Å². The van der Waals surface area contributed by atoms with Gasteiger partial charge in [0.05, 0.1) is 17.2 Å². The molecule has 2 aromatic carbocycles. The van der Waals surface area contributed by atoms with E-state index in [1.54, 1.807) is 0 Å². The van der Waals surface area contributed by atoms with E-state index in [4.69, 9.17) is 4.74 Å². The third kappa shape index (κ3) is 5.43.